The van der Waals surface area contributed by atoms with Crippen LogP contribution in [0.1, 0.15) is 66.7 Å². The van der Waals surface area contributed by atoms with E-state index in [9.17, 15) is 4.79 Å². The highest BCUT2D eigenvalue weighted by Gasteiger charge is 2.31. The summed E-state index contributed by atoms with van der Waals surface area (Å²) in [6.07, 6.45) is 4.29. The minimum Gasteiger partial charge on any atom is -0.365 e. The maximum atomic E-state index is 12.7. The van der Waals surface area contributed by atoms with E-state index in [1.807, 2.05) is 42.6 Å². The first-order valence-corrected chi connectivity index (χ1v) is 10.2. The van der Waals surface area contributed by atoms with Crippen LogP contribution in [0.25, 0.3) is 5.65 Å². The lowest BCUT2D eigenvalue weighted by atomic mass is 10.1. The maximum Gasteiger partial charge on any atom is 0.251 e. The van der Waals surface area contributed by atoms with E-state index in [1.165, 1.54) is 12.8 Å². The Kier molecular flexibility index (Phi) is 5.04. The van der Waals surface area contributed by atoms with Gasteiger partial charge in [-0.1, -0.05) is 24.3 Å². The third kappa shape index (κ3) is 4.43. The quantitative estimate of drug-likeness (QED) is 0.596. The molecule has 0 saturated heterocycles. The first-order chi connectivity index (χ1) is 13.8. The molecule has 0 aliphatic heterocycles. The highest BCUT2D eigenvalue weighted by Crippen LogP contribution is 2.43. The summed E-state index contributed by atoms with van der Waals surface area (Å²) in [5, 5.41) is 6.58. The maximum absolute atomic E-state index is 12.7. The lowest BCUT2D eigenvalue weighted by Crippen LogP contribution is -2.27. The summed E-state index contributed by atoms with van der Waals surface area (Å²) in [4.78, 5) is 17.5. The molecule has 6 nitrogen and oxygen atoms in total. The summed E-state index contributed by atoms with van der Waals surface area (Å²) >= 11 is 0. The first-order valence-electron chi connectivity index (χ1n) is 10.2. The Bertz CT molecular complexity index is 1040. The van der Waals surface area contributed by atoms with E-state index >= 15 is 0 Å². The van der Waals surface area contributed by atoms with Crippen LogP contribution < -0.4 is 16.4 Å². The third-order valence-electron chi connectivity index (χ3n) is 5.05. The average molecular weight is 392 g/mol. The Morgan fingerprint density at radius 1 is 1.21 bits per heavy atom. The number of fused-ring (bicyclic) bond motifs is 1. The number of nitrogens with zero attached hydrogens (tertiary/aromatic N) is 2. The van der Waals surface area contributed by atoms with E-state index in [0.29, 0.717) is 24.6 Å². The predicted octanol–water partition coefficient (Wildman–Crippen LogP) is 3.81. The van der Waals surface area contributed by atoms with Gasteiger partial charge in [-0.3, -0.25) is 9.20 Å². The van der Waals surface area contributed by atoms with Crippen molar-refractivity contribution >= 4 is 17.4 Å². The van der Waals surface area contributed by atoms with Crippen molar-refractivity contribution < 1.29 is 4.79 Å². The van der Waals surface area contributed by atoms with Gasteiger partial charge in [-0.2, -0.15) is 0 Å². The number of aromatic nitrogens is 2. The molecule has 4 rings (SSSR count). The second-order valence-corrected chi connectivity index (χ2v) is 8.85. The van der Waals surface area contributed by atoms with Crippen LogP contribution >= 0.6 is 0 Å². The van der Waals surface area contributed by atoms with Crippen molar-refractivity contribution in [3.05, 3.63) is 65.0 Å². The van der Waals surface area contributed by atoms with Crippen molar-refractivity contribution in [1.29, 1.82) is 0 Å². The molecule has 152 valence electrons. The Morgan fingerprint density at radius 3 is 2.66 bits per heavy atom. The van der Waals surface area contributed by atoms with Crippen LogP contribution in [0.15, 0.2) is 42.6 Å². The number of nitrogens with two attached hydrogens (primary N) is 1. The summed E-state index contributed by atoms with van der Waals surface area (Å²) in [6, 6.07) is 11.7. The minimum atomic E-state index is -0.105. The van der Waals surface area contributed by atoms with Crippen LogP contribution in [0.4, 0.5) is 5.82 Å². The Hall–Kier alpha value is -2.86. The Labute approximate surface area is 171 Å². The van der Waals surface area contributed by atoms with Gasteiger partial charge in [0.1, 0.15) is 11.5 Å². The van der Waals surface area contributed by atoms with Crippen LogP contribution in [-0.2, 0) is 13.1 Å². The SMILES string of the molecule is CC(C)(C)Nc1c(C2CC2)nc2cc(C(=O)NCc3cccc(CN)c3)ccn12. The molecule has 0 radical (unpaired) electrons. The van der Waals surface area contributed by atoms with Gasteiger partial charge in [-0.25, -0.2) is 4.98 Å². The Balaban J connectivity index is 1.56. The van der Waals surface area contributed by atoms with Gasteiger partial charge in [-0.05, 0) is 56.9 Å². The number of rotatable bonds is 6. The zero-order chi connectivity index (χ0) is 20.6. The molecule has 6 heteroatoms. The number of carbonyl (C=O) groups excluding carboxylic acids is 1. The normalized spacial score (nSPS) is 14.2. The molecule has 2 heterocycles. The molecular weight excluding hydrogens is 362 g/mol. The van der Waals surface area contributed by atoms with Gasteiger partial charge in [-0.15, -0.1) is 0 Å². The number of hydrogen-bond donors (Lipinski definition) is 3. The minimum absolute atomic E-state index is 0.0618. The standard InChI is InChI=1S/C23H29N5O/c1-23(2,3)27-21-20(17-7-8-17)26-19-12-18(9-10-28(19)21)22(29)25-14-16-6-4-5-15(11-16)13-24/h4-6,9-12,17,27H,7-8,13-14,24H2,1-3H3,(H,25,29). The highest BCUT2D eigenvalue weighted by atomic mass is 16.1. The summed E-state index contributed by atoms with van der Waals surface area (Å²) in [5.41, 5.74) is 10.3. The molecule has 4 N–H and O–H groups in total. The van der Waals surface area contributed by atoms with Crippen molar-refractivity contribution in [1.82, 2.24) is 14.7 Å². The molecule has 1 aliphatic carbocycles. The molecule has 1 saturated carbocycles. The molecule has 0 bridgehead atoms. The molecular formula is C23H29N5O. The average Bonchev–Trinajstić information content (AvgIpc) is 3.48. The smallest absolute Gasteiger partial charge is 0.251 e. The van der Waals surface area contributed by atoms with E-state index in [2.05, 4.69) is 35.8 Å². The largest absolute Gasteiger partial charge is 0.365 e. The van der Waals surface area contributed by atoms with E-state index in [1.54, 1.807) is 0 Å². The van der Waals surface area contributed by atoms with Gasteiger partial charge in [0.05, 0.1) is 5.69 Å². The molecule has 1 amide bonds. The van der Waals surface area contributed by atoms with Crippen LogP contribution in [0, 0.1) is 0 Å². The molecule has 0 spiro atoms. The van der Waals surface area contributed by atoms with Crippen LogP contribution in [0.3, 0.4) is 0 Å². The molecule has 29 heavy (non-hydrogen) atoms. The molecule has 0 atom stereocenters. The topological polar surface area (TPSA) is 84.5 Å². The van der Waals surface area contributed by atoms with Gasteiger partial charge in [0.25, 0.3) is 5.91 Å². The second kappa shape index (κ2) is 7.52. The number of hydrogen-bond acceptors (Lipinski definition) is 4. The van der Waals surface area contributed by atoms with Crippen LogP contribution in [0.5, 0.6) is 0 Å². The number of anilines is 1. The Morgan fingerprint density at radius 2 is 1.97 bits per heavy atom. The lowest BCUT2D eigenvalue weighted by molar-refractivity contribution is 0.0951. The second-order valence-electron chi connectivity index (χ2n) is 8.85. The van der Waals surface area contributed by atoms with Crippen molar-refractivity contribution in [2.24, 2.45) is 5.73 Å². The zero-order valence-electron chi connectivity index (χ0n) is 17.3. The van der Waals surface area contributed by atoms with E-state index in [0.717, 1.165) is 28.3 Å². The number of imidazole rings is 1. The van der Waals surface area contributed by atoms with Crippen molar-refractivity contribution in [2.45, 2.75) is 58.2 Å². The fourth-order valence-corrected chi connectivity index (χ4v) is 3.48. The summed E-state index contributed by atoms with van der Waals surface area (Å²) in [5.74, 6) is 1.46. The summed E-state index contributed by atoms with van der Waals surface area (Å²) in [7, 11) is 0. The van der Waals surface area contributed by atoms with E-state index in [4.69, 9.17) is 10.7 Å². The number of pyridine rings is 1. The van der Waals surface area contributed by atoms with Crippen molar-refractivity contribution in [3.63, 3.8) is 0 Å². The first kappa shape index (κ1) is 19.5. The summed E-state index contributed by atoms with van der Waals surface area (Å²) < 4.78 is 2.06. The van der Waals surface area contributed by atoms with Gasteiger partial charge in [0, 0.05) is 36.3 Å². The molecule has 1 aliphatic rings. The number of carbonyl (C=O) groups is 1. The lowest BCUT2D eigenvalue weighted by Gasteiger charge is -2.22. The van der Waals surface area contributed by atoms with Crippen LogP contribution in [0.2, 0.25) is 0 Å². The molecule has 1 fully saturated rings. The molecule has 0 unspecified atom stereocenters. The summed E-state index contributed by atoms with van der Waals surface area (Å²) in [6.45, 7) is 7.39. The van der Waals surface area contributed by atoms with Gasteiger partial charge >= 0.3 is 0 Å². The van der Waals surface area contributed by atoms with E-state index in [-0.39, 0.29) is 11.4 Å². The zero-order valence-corrected chi connectivity index (χ0v) is 17.3. The number of benzene rings is 1. The molecule has 1 aromatic carbocycles. The van der Waals surface area contributed by atoms with Gasteiger partial charge < -0.3 is 16.4 Å². The highest BCUT2D eigenvalue weighted by molar-refractivity contribution is 5.95. The van der Waals surface area contributed by atoms with Crippen molar-refractivity contribution in [2.75, 3.05) is 5.32 Å². The third-order valence-corrected chi connectivity index (χ3v) is 5.05. The monoisotopic (exact) mass is 391 g/mol. The predicted molar refractivity (Wildman–Crippen MR) is 116 cm³/mol. The fraction of sp³-hybridized carbons (Fsp3) is 0.391. The number of nitrogens with one attached hydrogen (secondary N) is 2. The van der Waals surface area contributed by atoms with Crippen LogP contribution in [-0.4, -0.2) is 20.8 Å². The number of amides is 1. The van der Waals surface area contributed by atoms with Gasteiger partial charge in [0.15, 0.2) is 0 Å². The molecule has 3 aromatic rings. The fourth-order valence-electron chi connectivity index (χ4n) is 3.48. The van der Waals surface area contributed by atoms with Gasteiger partial charge in [0.2, 0.25) is 0 Å². The van der Waals surface area contributed by atoms with E-state index < -0.39 is 0 Å². The van der Waals surface area contributed by atoms with Crippen molar-refractivity contribution in [3.8, 4) is 0 Å². The molecule has 2 aromatic heterocycles.